The van der Waals surface area contributed by atoms with Crippen LogP contribution in [-0.2, 0) is 11.2 Å². The third kappa shape index (κ3) is 6.70. The van der Waals surface area contributed by atoms with Gasteiger partial charge in [0, 0.05) is 17.2 Å². The smallest absolute Gasteiger partial charge is 0.133 e. The fraction of sp³-hybridized carbons (Fsp3) is 0.385. The number of nitrogens with zero attached hydrogens (tertiary/aromatic N) is 1. The molecule has 1 heterocycles. The molecule has 0 spiro atoms. The van der Waals surface area contributed by atoms with E-state index in [1.165, 1.54) is 11.1 Å². The van der Waals surface area contributed by atoms with Crippen molar-refractivity contribution >= 4 is 11.4 Å². The zero-order chi connectivity index (χ0) is 21.2. The van der Waals surface area contributed by atoms with E-state index in [4.69, 9.17) is 0 Å². The molecular weight excluding hydrogens is 356 g/mol. The fourth-order valence-electron chi connectivity index (χ4n) is 3.77. The number of aromatic nitrogens is 2. The summed E-state index contributed by atoms with van der Waals surface area (Å²) in [6, 6.07) is 2.09. The Balaban J connectivity index is 1.94. The van der Waals surface area contributed by atoms with Crippen molar-refractivity contribution in [1.29, 1.82) is 0 Å². The first kappa shape index (κ1) is 22.6. The van der Waals surface area contributed by atoms with Crippen molar-refractivity contribution < 1.29 is 4.79 Å². The number of aryl methyl sites for hydroxylation is 1. The van der Waals surface area contributed by atoms with E-state index in [1.54, 1.807) is 13.0 Å². The molecule has 29 heavy (non-hydrogen) atoms. The second kappa shape index (κ2) is 11.4. The summed E-state index contributed by atoms with van der Waals surface area (Å²) in [5.41, 5.74) is 5.68. The summed E-state index contributed by atoms with van der Waals surface area (Å²) in [4.78, 5) is 12.2. The van der Waals surface area contributed by atoms with E-state index in [0.717, 1.165) is 42.6 Å². The summed E-state index contributed by atoms with van der Waals surface area (Å²) in [5, 5.41) is 7.55. The third-order valence-corrected chi connectivity index (χ3v) is 5.44. The Hall–Kier alpha value is -2.68. The highest BCUT2D eigenvalue weighted by Crippen LogP contribution is 2.28. The zero-order valence-electron chi connectivity index (χ0n) is 18.2. The molecular formula is C26H34N2O. The second-order valence-corrected chi connectivity index (χ2v) is 7.69. The zero-order valence-corrected chi connectivity index (χ0v) is 18.2. The van der Waals surface area contributed by atoms with Crippen LogP contribution in [0.25, 0.3) is 5.57 Å². The summed E-state index contributed by atoms with van der Waals surface area (Å²) >= 11 is 0. The Bertz CT molecular complexity index is 861. The molecule has 1 aliphatic carbocycles. The molecule has 1 aromatic heterocycles. The van der Waals surface area contributed by atoms with Gasteiger partial charge >= 0.3 is 0 Å². The number of H-pyrrole nitrogens is 1. The molecule has 3 nitrogen and oxygen atoms in total. The minimum Gasteiger partial charge on any atom is -0.300 e. The number of ketones is 1. The molecule has 2 rings (SSSR count). The second-order valence-electron chi connectivity index (χ2n) is 7.69. The molecule has 0 fully saturated rings. The van der Waals surface area contributed by atoms with E-state index in [-0.39, 0.29) is 11.7 Å². The Morgan fingerprint density at radius 3 is 2.76 bits per heavy atom. The Morgan fingerprint density at radius 2 is 2.14 bits per heavy atom. The lowest BCUT2D eigenvalue weighted by atomic mass is 9.85. The van der Waals surface area contributed by atoms with Gasteiger partial charge in [0.15, 0.2) is 0 Å². The van der Waals surface area contributed by atoms with Crippen molar-refractivity contribution in [3.8, 4) is 0 Å². The minimum absolute atomic E-state index is 0.0758. The number of Topliss-reactive ketones (excluding diaryl/α,β-unsaturated/α-hetero) is 1. The van der Waals surface area contributed by atoms with Crippen molar-refractivity contribution in [1.82, 2.24) is 10.2 Å². The van der Waals surface area contributed by atoms with E-state index < -0.39 is 0 Å². The molecule has 2 atom stereocenters. The molecule has 0 amide bonds. The van der Waals surface area contributed by atoms with E-state index in [9.17, 15) is 4.79 Å². The number of nitrogens with one attached hydrogen (secondary N) is 1. The highest BCUT2D eigenvalue weighted by atomic mass is 16.1. The van der Waals surface area contributed by atoms with Gasteiger partial charge in [-0.05, 0) is 64.0 Å². The first-order valence-corrected chi connectivity index (χ1v) is 10.5. The lowest BCUT2D eigenvalue weighted by Crippen LogP contribution is -2.13. The van der Waals surface area contributed by atoms with Crippen LogP contribution in [-0.4, -0.2) is 16.0 Å². The van der Waals surface area contributed by atoms with E-state index in [0.29, 0.717) is 5.92 Å². The van der Waals surface area contributed by atoms with Crippen molar-refractivity contribution in [2.45, 2.75) is 53.4 Å². The van der Waals surface area contributed by atoms with Crippen LogP contribution in [0.15, 0.2) is 72.4 Å². The molecule has 1 N–H and O–H groups in total. The maximum atomic E-state index is 12.2. The van der Waals surface area contributed by atoms with Crippen LogP contribution < -0.4 is 0 Å². The van der Waals surface area contributed by atoms with Gasteiger partial charge in [0.25, 0.3) is 0 Å². The van der Waals surface area contributed by atoms with Crippen LogP contribution in [0.2, 0.25) is 0 Å². The van der Waals surface area contributed by atoms with Crippen molar-refractivity contribution in [2.75, 3.05) is 0 Å². The fourth-order valence-corrected chi connectivity index (χ4v) is 3.77. The molecule has 3 heteroatoms. The quantitative estimate of drug-likeness (QED) is 0.460. The Labute approximate surface area is 175 Å². The van der Waals surface area contributed by atoms with Gasteiger partial charge in [0.2, 0.25) is 0 Å². The third-order valence-electron chi connectivity index (χ3n) is 5.44. The van der Waals surface area contributed by atoms with Crippen molar-refractivity contribution in [3.63, 3.8) is 0 Å². The molecule has 1 aliphatic rings. The van der Waals surface area contributed by atoms with E-state index in [2.05, 4.69) is 61.0 Å². The molecule has 0 aromatic carbocycles. The molecule has 154 valence electrons. The molecule has 0 radical (unpaired) electrons. The number of hydrogen-bond donors (Lipinski definition) is 1. The standard InChI is InChI=1S/C26H34N2O/c1-6-10-23(11-7-2)26-18-25(27-28-26)13-9-12-24(20(5)29)17-21-14-15-22(8-3)19(4)16-21/h6-8,10-11,14-16,18-19,24H,1,9,12-13,17H2,2-5H3,(H,27,28)/b11-7-,22-8-,23-10+. The van der Waals surface area contributed by atoms with Gasteiger partial charge in [-0.15, -0.1) is 0 Å². The van der Waals surface area contributed by atoms with Gasteiger partial charge in [-0.3, -0.25) is 9.89 Å². The van der Waals surface area contributed by atoms with Crippen molar-refractivity contribution in [3.05, 3.63) is 83.8 Å². The Kier molecular flexibility index (Phi) is 8.85. The molecule has 1 aromatic rings. The van der Waals surface area contributed by atoms with Crippen molar-refractivity contribution in [2.24, 2.45) is 11.8 Å². The molecule has 0 saturated heterocycles. The van der Waals surface area contributed by atoms with Crippen LogP contribution in [0.3, 0.4) is 0 Å². The van der Waals surface area contributed by atoms with Crippen LogP contribution in [0.4, 0.5) is 0 Å². The molecule has 0 aliphatic heterocycles. The SMILES string of the molecule is C=C/C=C(\C=C/C)c1cc(CCCC(CC2=CC(C)/C(=C\C)C=C2)C(C)=O)[nH]n1. The summed E-state index contributed by atoms with van der Waals surface area (Å²) in [5.74, 6) is 0.774. The Morgan fingerprint density at radius 1 is 1.34 bits per heavy atom. The minimum atomic E-state index is 0.0758. The first-order valence-electron chi connectivity index (χ1n) is 10.5. The average molecular weight is 391 g/mol. The van der Waals surface area contributed by atoms with Gasteiger partial charge in [0.1, 0.15) is 5.78 Å². The lowest BCUT2D eigenvalue weighted by molar-refractivity contribution is -0.120. The summed E-state index contributed by atoms with van der Waals surface area (Å²) in [7, 11) is 0. The molecule has 2 unspecified atom stereocenters. The topological polar surface area (TPSA) is 45.8 Å². The first-order chi connectivity index (χ1) is 14.0. The van der Waals surface area contributed by atoms with E-state index in [1.807, 2.05) is 25.2 Å². The van der Waals surface area contributed by atoms with Crippen LogP contribution >= 0.6 is 0 Å². The summed E-state index contributed by atoms with van der Waals surface area (Å²) in [6.07, 6.45) is 20.1. The van der Waals surface area contributed by atoms with Gasteiger partial charge in [0.05, 0.1) is 5.69 Å². The maximum Gasteiger partial charge on any atom is 0.133 e. The number of allylic oxidation sites excluding steroid dienone is 11. The largest absolute Gasteiger partial charge is 0.300 e. The highest BCUT2D eigenvalue weighted by molar-refractivity contribution is 5.78. The number of carbonyl (C=O) groups is 1. The van der Waals surface area contributed by atoms with Crippen LogP contribution in [0.5, 0.6) is 0 Å². The van der Waals surface area contributed by atoms with Gasteiger partial charge in [-0.25, -0.2) is 0 Å². The van der Waals surface area contributed by atoms with Gasteiger partial charge in [-0.1, -0.05) is 67.7 Å². The lowest BCUT2D eigenvalue weighted by Gasteiger charge is -2.19. The number of hydrogen-bond acceptors (Lipinski definition) is 2. The molecule has 0 saturated carbocycles. The normalized spacial score (nSPS) is 19.6. The summed E-state index contributed by atoms with van der Waals surface area (Å²) < 4.78 is 0. The number of rotatable bonds is 10. The van der Waals surface area contributed by atoms with Gasteiger partial charge < -0.3 is 0 Å². The monoisotopic (exact) mass is 390 g/mol. The number of aromatic amines is 1. The molecule has 0 bridgehead atoms. The summed E-state index contributed by atoms with van der Waals surface area (Å²) in [6.45, 7) is 11.8. The number of carbonyl (C=O) groups excluding carboxylic acids is 1. The maximum absolute atomic E-state index is 12.2. The predicted molar refractivity (Wildman–Crippen MR) is 123 cm³/mol. The van der Waals surface area contributed by atoms with Crippen LogP contribution in [0, 0.1) is 11.8 Å². The average Bonchev–Trinajstić information content (AvgIpc) is 3.16. The predicted octanol–water partition coefficient (Wildman–Crippen LogP) is 6.55. The van der Waals surface area contributed by atoms with Crippen LogP contribution in [0.1, 0.15) is 58.3 Å². The van der Waals surface area contributed by atoms with E-state index >= 15 is 0 Å². The highest BCUT2D eigenvalue weighted by Gasteiger charge is 2.18. The van der Waals surface area contributed by atoms with Gasteiger partial charge in [-0.2, -0.15) is 5.10 Å².